The van der Waals surface area contributed by atoms with Crippen LogP contribution in [0, 0.1) is 16.2 Å². The minimum Gasteiger partial charge on any atom is -0.478 e. The molecule has 0 bridgehead atoms. The molecule has 1 atom stereocenters. The van der Waals surface area contributed by atoms with Gasteiger partial charge in [0.2, 0.25) is 5.91 Å². The maximum absolute atomic E-state index is 14.2. The Balaban J connectivity index is 1.41. The number of aromatic carboxylic acids is 1. The van der Waals surface area contributed by atoms with Crippen LogP contribution in [0.3, 0.4) is 0 Å². The van der Waals surface area contributed by atoms with Crippen molar-refractivity contribution >= 4 is 17.4 Å². The molecule has 2 aromatic rings. The lowest BCUT2D eigenvalue weighted by Crippen LogP contribution is -2.55. The highest BCUT2D eigenvalue weighted by Gasteiger charge is 2.49. The number of hydrogen-bond donors (Lipinski definition) is 2. The average molecular weight is 499 g/mol. The van der Waals surface area contributed by atoms with Crippen molar-refractivity contribution in [2.24, 2.45) is 16.2 Å². The van der Waals surface area contributed by atoms with Crippen molar-refractivity contribution in [3.05, 3.63) is 89.0 Å². The monoisotopic (exact) mass is 498 g/mol. The van der Waals surface area contributed by atoms with E-state index >= 15 is 0 Å². The number of carboxylic acid groups (broad SMARTS) is 1. The molecule has 2 heterocycles. The van der Waals surface area contributed by atoms with Gasteiger partial charge in [-0.05, 0) is 67.6 Å². The van der Waals surface area contributed by atoms with E-state index in [4.69, 9.17) is 0 Å². The summed E-state index contributed by atoms with van der Waals surface area (Å²) in [6.07, 6.45) is 8.00. The van der Waals surface area contributed by atoms with Gasteiger partial charge in [-0.15, -0.1) is 0 Å². The second-order valence-electron chi connectivity index (χ2n) is 11.9. The summed E-state index contributed by atoms with van der Waals surface area (Å²) >= 11 is 0. The van der Waals surface area contributed by atoms with Crippen molar-refractivity contribution in [3.63, 3.8) is 0 Å². The number of hydrogen-bond acceptors (Lipinski definition) is 3. The minimum atomic E-state index is -0.908. The van der Waals surface area contributed by atoms with Crippen LogP contribution in [0.25, 0.3) is 5.57 Å². The van der Waals surface area contributed by atoms with Gasteiger partial charge in [-0.3, -0.25) is 4.79 Å². The lowest BCUT2D eigenvalue weighted by atomic mass is 9.58. The third-order valence-corrected chi connectivity index (χ3v) is 8.94. The van der Waals surface area contributed by atoms with Crippen LogP contribution < -0.4 is 5.32 Å². The predicted octanol–water partition coefficient (Wildman–Crippen LogP) is 5.59. The molecular weight excluding hydrogens is 460 g/mol. The number of piperidine rings is 1. The molecule has 3 aliphatic rings. The van der Waals surface area contributed by atoms with Crippen molar-refractivity contribution in [1.82, 2.24) is 10.2 Å². The van der Waals surface area contributed by atoms with Gasteiger partial charge in [0.1, 0.15) is 0 Å². The van der Waals surface area contributed by atoms with Crippen molar-refractivity contribution in [3.8, 4) is 0 Å². The van der Waals surface area contributed by atoms with Gasteiger partial charge in [0.15, 0.2) is 0 Å². The Morgan fingerprint density at radius 1 is 0.946 bits per heavy atom. The standard InChI is InChI=1S/C32H38N2O3/c1-30(2)26(24-9-11-25(12-10-24)28(35)36)13-15-31(3)22-34(20-14-27(30)31)29(37)32(16-18-33-19-17-32)21-23-7-5-4-6-8-23/h4-14,33H,15-22H2,1-3H3,(H,35,36)/t31-/m1/s1. The Bertz CT molecular complexity index is 1240. The maximum Gasteiger partial charge on any atom is 0.335 e. The van der Waals surface area contributed by atoms with Crippen LogP contribution >= 0.6 is 0 Å². The van der Waals surface area contributed by atoms with Crippen molar-refractivity contribution < 1.29 is 14.7 Å². The molecule has 5 rings (SSSR count). The van der Waals surface area contributed by atoms with Crippen LogP contribution in [0.1, 0.15) is 61.5 Å². The van der Waals surface area contributed by atoms with E-state index in [0.717, 1.165) is 50.9 Å². The van der Waals surface area contributed by atoms with Gasteiger partial charge < -0.3 is 15.3 Å². The normalized spacial score (nSPS) is 24.5. The van der Waals surface area contributed by atoms with Gasteiger partial charge in [-0.1, -0.05) is 81.0 Å². The molecule has 194 valence electrons. The fourth-order valence-electron chi connectivity index (χ4n) is 7.05. The number of benzene rings is 2. The number of rotatable bonds is 5. The molecule has 0 spiro atoms. The van der Waals surface area contributed by atoms with Crippen molar-refractivity contribution in [2.45, 2.75) is 46.5 Å². The summed E-state index contributed by atoms with van der Waals surface area (Å²) in [6, 6.07) is 17.7. The summed E-state index contributed by atoms with van der Waals surface area (Å²) in [6.45, 7) is 9.94. The summed E-state index contributed by atoms with van der Waals surface area (Å²) in [5, 5.41) is 12.7. The van der Waals surface area contributed by atoms with E-state index < -0.39 is 5.97 Å². The minimum absolute atomic E-state index is 0.122. The molecule has 1 fully saturated rings. The van der Waals surface area contributed by atoms with Crippen LogP contribution in [0.2, 0.25) is 0 Å². The molecule has 2 aliphatic heterocycles. The van der Waals surface area contributed by atoms with E-state index in [1.54, 1.807) is 12.1 Å². The first-order valence-corrected chi connectivity index (χ1v) is 13.4. The highest BCUT2D eigenvalue weighted by Crippen LogP contribution is 2.55. The Hall–Kier alpha value is -3.18. The van der Waals surface area contributed by atoms with E-state index in [2.05, 4.69) is 67.4 Å². The zero-order valence-corrected chi connectivity index (χ0v) is 22.2. The molecule has 0 unspecified atom stereocenters. The number of amides is 1. The summed E-state index contributed by atoms with van der Waals surface area (Å²) < 4.78 is 0. The first-order valence-electron chi connectivity index (χ1n) is 13.4. The zero-order chi connectivity index (χ0) is 26.3. The number of carbonyl (C=O) groups excluding carboxylic acids is 1. The Kier molecular flexibility index (Phi) is 6.61. The van der Waals surface area contributed by atoms with Crippen LogP contribution in [-0.2, 0) is 11.2 Å². The first kappa shape index (κ1) is 25.5. The fraction of sp³-hybridized carbons (Fsp3) is 0.438. The smallest absolute Gasteiger partial charge is 0.335 e. The van der Waals surface area contributed by atoms with E-state index in [-0.39, 0.29) is 16.2 Å². The fourth-order valence-corrected chi connectivity index (χ4v) is 7.05. The molecule has 37 heavy (non-hydrogen) atoms. The van der Waals surface area contributed by atoms with Crippen molar-refractivity contribution in [2.75, 3.05) is 26.2 Å². The summed E-state index contributed by atoms with van der Waals surface area (Å²) in [4.78, 5) is 27.7. The highest BCUT2D eigenvalue weighted by molar-refractivity contribution is 5.88. The first-order chi connectivity index (χ1) is 17.6. The Morgan fingerprint density at radius 3 is 2.27 bits per heavy atom. The largest absolute Gasteiger partial charge is 0.478 e. The summed E-state index contributed by atoms with van der Waals surface area (Å²) in [5.41, 5.74) is 4.53. The zero-order valence-electron chi connectivity index (χ0n) is 22.2. The molecule has 1 saturated heterocycles. The lowest BCUT2D eigenvalue weighted by molar-refractivity contribution is -0.145. The van der Waals surface area contributed by atoms with Crippen LogP contribution in [0.4, 0.5) is 0 Å². The third-order valence-electron chi connectivity index (χ3n) is 8.94. The third kappa shape index (κ3) is 4.66. The summed E-state index contributed by atoms with van der Waals surface area (Å²) in [7, 11) is 0. The lowest BCUT2D eigenvalue weighted by Gasteiger charge is -2.52. The van der Waals surface area contributed by atoms with Gasteiger partial charge in [0.25, 0.3) is 0 Å². The molecule has 0 radical (unpaired) electrons. The molecular formula is C32H38N2O3. The molecule has 2 N–H and O–H groups in total. The number of allylic oxidation sites excluding steroid dienone is 2. The second kappa shape index (κ2) is 9.60. The van der Waals surface area contributed by atoms with E-state index in [1.807, 2.05) is 18.2 Å². The maximum atomic E-state index is 14.2. The molecule has 5 nitrogen and oxygen atoms in total. The number of carboxylic acids is 1. The van der Waals surface area contributed by atoms with Crippen molar-refractivity contribution in [1.29, 1.82) is 0 Å². The molecule has 0 saturated carbocycles. The number of carbonyl (C=O) groups is 2. The second-order valence-corrected chi connectivity index (χ2v) is 11.9. The number of nitrogens with zero attached hydrogens (tertiary/aromatic N) is 1. The van der Waals surface area contributed by atoms with Gasteiger partial charge in [0, 0.05) is 23.9 Å². The van der Waals surface area contributed by atoms with Gasteiger partial charge >= 0.3 is 5.97 Å². The van der Waals surface area contributed by atoms with Gasteiger partial charge in [-0.2, -0.15) is 0 Å². The molecule has 2 aromatic carbocycles. The van der Waals surface area contributed by atoms with Crippen LogP contribution in [-0.4, -0.2) is 48.1 Å². The Morgan fingerprint density at radius 2 is 1.62 bits per heavy atom. The predicted molar refractivity (Wildman–Crippen MR) is 147 cm³/mol. The molecule has 1 amide bonds. The topological polar surface area (TPSA) is 69.6 Å². The Labute approximate surface area is 220 Å². The SMILES string of the molecule is CC1(C)C(c2ccc(C(=O)O)cc2)=CC[C@]2(C)CN(C(=O)C3(Cc4ccccc4)CCNCC3)CC=C12. The van der Waals surface area contributed by atoms with Crippen LogP contribution in [0.15, 0.2) is 72.3 Å². The number of nitrogens with one attached hydrogen (secondary N) is 1. The van der Waals surface area contributed by atoms with E-state index in [1.165, 1.54) is 16.7 Å². The van der Waals surface area contributed by atoms with Crippen LogP contribution in [0.5, 0.6) is 0 Å². The van der Waals surface area contributed by atoms with Gasteiger partial charge in [-0.25, -0.2) is 4.79 Å². The highest BCUT2D eigenvalue weighted by atomic mass is 16.4. The molecule has 0 aromatic heterocycles. The molecule has 5 heteroatoms. The van der Waals surface area contributed by atoms with Gasteiger partial charge in [0.05, 0.1) is 11.0 Å². The summed E-state index contributed by atoms with van der Waals surface area (Å²) in [5.74, 6) is -0.610. The quantitative estimate of drug-likeness (QED) is 0.528. The molecule has 1 aliphatic carbocycles. The van der Waals surface area contributed by atoms with E-state index in [9.17, 15) is 14.7 Å². The van der Waals surface area contributed by atoms with E-state index in [0.29, 0.717) is 18.0 Å². The average Bonchev–Trinajstić information content (AvgIpc) is 2.89. The number of fused-ring (bicyclic) bond motifs is 1.